The number of rotatable bonds is 5. The van der Waals surface area contributed by atoms with Crippen LogP contribution in [0.15, 0.2) is 36.5 Å². The van der Waals surface area contributed by atoms with E-state index in [4.69, 9.17) is 4.74 Å². The van der Waals surface area contributed by atoms with Gasteiger partial charge in [0.25, 0.3) is 5.91 Å². The first-order valence-electron chi connectivity index (χ1n) is 9.87. The van der Waals surface area contributed by atoms with Crippen LogP contribution in [0.5, 0.6) is 0 Å². The summed E-state index contributed by atoms with van der Waals surface area (Å²) in [6, 6.07) is 10.6. The molecule has 0 aliphatic carbocycles. The van der Waals surface area contributed by atoms with Gasteiger partial charge in [0.15, 0.2) is 5.69 Å². The SMILES string of the molecule is O=C(c1cn(C2CCNCC2)nn1)N1CCC(OCc2ccccc2)CC1. The lowest BCUT2D eigenvalue weighted by Crippen LogP contribution is -2.41. The van der Waals surface area contributed by atoms with Gasteiger partial charge in [-0.25, -0.2) is 4.68 Å². The molecule has 144 valence electrons. The molecule has 0 atom stereocenters. The molecule has 2 fully saturated rings. The van der Waals surface area contributed by atoms with Crippen molar-refractivity contribution in [3.63, 3.8) is 0 Å². The summed E-state index contributed by atoms with van der Waals surface area (Å²) in [7, 11) is 0. The molecule has 4 rings (SSSR count). The van der Waals surface area contributed by atoms with Crippen LogP contribution >= 0.6 is 0 Å². The fraction of sp³-hybridized carbons (Fsp3) is 0.550. The van der Waals surface area contributed by atoms with E-state index in [0.717, 1.165) is 38.8 Å². The van der Waals surface area contributed by atoms with Crippen molar-refractivity contribution < 1.29 is 9.53 Å². The van der Waals surface area contributed by atoms with Crippen molar-refractivity contribution in [1.29, 1.82) is 0 Å². The zero-order chi connectivity index (χ0) is 18.5. The average molecular weight is 369 g/mol. The van der Waals surface area contributed by atoms with Gasteiger partial charge < -0.3 is 15.0 Å². The highest BCUT2D eigenvalue weighted by Gasteiger charge is 2.26. The quantitative estimate of drug-likeness (QED) is 0.873. The Balaban J connectivity index is 1.26. The number of benzene rings is 1. The van der Waals surface area contributed by atoms with Gasteiger partial charge in [0.2, 0.25) is 0 Å². The fourth-order valence-corrected chi connectivity index (χ4v) is 3.80. The Hall–Kier alpha value is -2.25. The second-order valence-electron chi connectivity index (χ2n) is 7.35. The average Bonchev–Trinajstić information content (AvgIpc) is 3.24. The molecule has 0 bridgehead atoms. The first-order valence-corrected chi connectivity index (χ1v) is 9.87. The fourth-order valence-electron chi connectivity index (χ4n) is 3.80. The van der Waals surface area contributed by atoms with E-state index in [1.165, 1.54) is 5.56 Å². The number of amides is 1. The summed E-state index contributed by atoms with van der Waals surface area (Å²) in [5.41, 5.74) is 1.64. The molecule has 2 aliphatic rings. The Morgan fingerprint density at radius 2 is 1.85 bits per heavy atom. The third-order valence-corrected chi connectivity index (χ3v) is 5.47. The maximum atomic E-state index is 12.7. The second-order valence-corrected chi connectivity index (χ2v) is 7.35. The van der Waals surface area contributed by atoms with Gasteiger partial charge >= 0.3 is 0 Å². The van der Waals surface area contributed by atoms with Gasteiger partial charge in [0.1, 0.15) is 0 Å². The van der Waals surface area contributed by atoms with E-state index >= 15 is 0 Å². The number of piperidine rings is 2. The summed E-state index contributed by atoms with van der Waals surface area (Å²) in [5.74, 6) is -0.0170. The number of nitrogens with one attached hydrogen (secondary N) is 1. The zero-order valence-corrected chi connectivity index (χ0v) is 15.6. The molecular formula is C20H27N5O2. The number of hydrogen-bond acceptors (Lipinski definition) is 5. The molecule has 2 saturated heterocycles. The number of aromatic nitrogens is 3. The van der Waals surface area contributed by atoms with Crippen LogP contribution in [0.3, 0.4) is 0 Å². The van der Waals surface area contributed by atoms with Gasteiger partial charge in [-0.15, -0.1) is 5.10 Å². The highest BCUT2D eigenvalue weighted by Crippen LogP contribution is 2.20. The van der Waals surface area contributed by atoms with Crippen LogP contribution in [0.4, 0.5) is 0 Å². The predicted octanol–water partition coefficient (Wildman–Crippen LogP) is 2.02. The van der Waals surface area contributed by atoms with Gasteiger partial charge in [-0.2, -0.15) is 0 Å². The van der Waals surface area contributed by atoms with Gasteiger partial charge in [-0.3, -0.25) is 4.79 Å². The summed E-state index contributed by atoms with van der Waals surface area (Å²) in [4.78, 5) is 14.6. The van der Waals surface area contributed by atoms with Crippen molar-refractivity contribution in [1.82, 2.24) is 25.2 Å². The molecule has 3 heterocycles. The zero-order valence-electron chi connectivity index (χ0n) is 15.6. The van der Waals surface area contributed by atoms with E-state index in [9.17, 15) is 4.79 Å². The summed E-state index contributed by atoms with van der Waals surface area (Å²) in [6.07, 6.45) is 5.81. The molecule has 0 radical (unpaired) electrons. The largest absolute Gasteiger partial charge is 0.373 e. The van der Waals surface area contributed by atoms with Crippen molar-refractivity contribution >= 4 is 5.91 Å². The Labute approximate surface area is 159 Å². The van der Waals surface area contributed by atoms with Gasteiger partial charge in [-0.1, -0.05) is 35.5 Å². The number of carbonyl (C=O) groups is 1. The van der Waals surface area contributed by atoms with Gasteiger partial charge in [0.05, 0.1) is 24.9 Å². The number of ether oxygens (including phenoxy) is 1. The van der Waals surface area contributed by atoms with Crippen LogP contribution in [-0.4, -0.2) is 58.1 Å². The van der Waals surface area contributed by atoms with E-state index < -0.39 is 0 Å². The van der Waals surface area contributed by atoms with Gasteiger partial charge in [-0.05, 0) is 44.3 Å². The Morgan fingerprint density at radius 1 is 1.11 bits per heavy atom. The normalized spacial score (nSPS) is 19.3. The first kappa shape index (κ1) is 18.1. The van der Waals surface area contributed by atoms with E-state index in [2.05, 4.69) is 27.8 Å². The van der Waals surface area contributed by atoms with Crippen molar-refractivity contribution in [2.45, 2.75) is 44.4 Å². The van der Waals surface area contributed by atoms with Crippen molar-refractivity contribution in [3.05, 3.63) is 47.8 Å². The van der Waals surface area contributed by atoms with Crippen LogP contribution in [0.1, 0.15) is 47.8 Å². The van der Waals surface area contributed by atoms with Crippen molar-refractivity contribution in [2.75, 3.05) is 26.2 Å². The first-order chi connectivity index (χ1) is 13.3. The maximum Gasteiger partial charge on any atom is 0.276 e. The lowest BCUT2D eigenvalue weighted by molar-refractivity contribution is -0.000511. The van der Waals surface area contributed by atoms with Crippen LogP contribution in [0.2, 0.25) is 0 Å². The monoisotopic (exact) mass is 369 g/mol. The highest BCUT2D eigenvalue weighted by molar-refractivity contribution is 5.92. The van der Waals surface area contributed by atoms with Crippen LogP contribution in [-0.2, 0) is 11.3 Å². The highest BCUT2D eigenvalue weighted by atomic mass is 16.5. The van der Waals surface area contributed by atoms with E-state index in [-0.39, 0.29) is 12.0 Å². The standard InChI is InChI=1S/C20H27N5O2/c26-20(19-14-25(23-22-19)17-6-10-21-11-7-17)24-12-8-18(9-13-24)27-15-16-4-2-1-3-5-16/h1-5,14,17-18,21H,6-13,15H2. The van der Waals surface area contributed by atoms with Crippen LogP contribution < -0.4 is 5.32 Å². The topological polar surface area (TPSA) is 72.3 Å². The summed E-state index contributed by atoms with van der Waals surface area (Å²) < 4.78 is 7.88. The van der Waals surface area contributed by atoms with E-state index in [1.807, 2.05) is 34.0 Å². The molecular weight excluding hydrogens is 342 g/mol. The lowest BCUT2D eigenvalue weighted by atomic mass is 10.1. The van der Waals surface area contributed by atoms with Crippen molar-refractivity contribution in [3.8, 4) is 0 Å². The second kappa shape index (κ2) is 8.63. The number of nitrogens with zero attached hydrogens (tertiary/aromatic N) is 4. The number of carbonyl (C=O) groups excluding carboxylic acids is 1. The molecule has 1 aromatic carbocycles. The molecule has 7 nitrogen and oxygen atoms in total. The summed E-state index contributed by atoms with van der Waals surface area (Å²) in [6.45, 7) is 4.02. The van der Waals surface area contributed by atoms with Crippen LogP contribution in [0, 0.1) is 0 Å². The van der Waals surface area contributed by atoms with Crippen molar-refractivity contribution in [2.24, 2.45) is 0 Å². The smallest absolute Gasteiger partial charge is 0.276 e. The lowest BCUT2D eigenvalue weighted by Gasteiger charge is -2.31. The predicted molar refractivity (Wildman–Crippen MR) is 101 cm³/mol. The minimum atomic E-state index is -0.0170. The minimum absolute atomic E-state index is 0.0170. The van der Waals surface area contributed by atoms with E-state index in [0.29, 0.717) is 31.4 Å². The molecule has 1 N–H and O–H groups in total. The molecule has 27 heavy (non-hydrogen) atoms. The third kappa shape index (κ3) is 4.54. The number of likely N-dealkylation sites (tertiary alicyclic amines) is 1. The Kier molecular flexibility index (Phi) is 5.79. The molecule has 1 aromatic heterocycles. The maximum absolute atomic E-state index is 12.7. The third-order valence-electron chi connectivity index (χ3n) is 5.47. The minimum Gasteiger partial charge on any atom is -0.373 e. The molecule has 0 saturated carbocycles. The molecule has 2 aliphatic heterocycles. The molecule has 2 aromatic rings. The van der Waals surface area contributed by atoms with Crippen LogP contribution in [0.25, 0.3) is 0 Å². The molecule has 7 heteroatoms. The van der Waals surface area contributed by atoms with E-state index in [1.54, 1.807) is 0 Å². The van der Waals surface area contributed by atoms with Gasteiger partial charge in [0, 0.05) is 13.1 Å². The summed E-state index contributed by atoms with van der Waals surface area (Å²) in [5, 5.41) is 11.7. The number of hydrogen-bond donors (Lipinski definition) is 1. The molecule has 1 amide bonds. The molecule has 0 unspecified atom stereocenters. The Bertz CT molecular complexity index is 734. The molecule has 0 spiro atoms. The summed E-state index contributed by atoms with van der Waals surface area (Å²) >= 11 is 0. The Morgan fingerprint density at radius 3 is 2.59 bits per heavy atom.